The summed E-state index contributed by atoms with van der Waals surface area (Å²) in [5.74, 6) is -0.0465. The summed E-state index contributed by atoms with van der Waals surface area (Å²) in [6.45, 7) is 2.47. The number of hydrogen-bond donors (Lipinski definition) is 1. The van der Waals surface area contributed by atoms with E-state index >= 15 is 0 Å². The van der Waals surface area contributed by atoms with E-state index in [2.05, 4.69) is 19.1 Å². The minimum atomic E-state index is -3.40. The van der Waals surface area contributed by atoms with E-state index in [1.807, 2.05) is 12.1 Å². The predicted octanol–water partition coefficient (Wildman–Crippen LogP) is 3.42. The summed E-state index contributed by atoms with van der Waals surface area (Å²) in [5.41, 5.74) is 8.12. The SMILES string of the molecule is CCc1ccc([C@@H]2[C@@H](CN)[C@H]2S(=O)(=O)c2ccc(Cl)cc2)cc1. The Bertz CT molecular complexity index is 785. The van der Waals surface area contributed by atoms with Crippen LogP contribution in [-0.4, -0.2) is 20.2 Å². The van der Waals surface area contributed by atoms with Gasteiger partial charge in [0.25, 0.3) is 0 Å². The molecule has 0 spiro atoms. The number of sulfone groups is 1. The highest BCUT2D eigenvalue weighted by atomic mass is 35.5. The third kappa shape index (κ3) is 3.03. The Morgan fingerprint density at radius 3 is 2.17 bits per heavy atom. The molecule has 0 unspecified atom stereocenters. The minimum Gasteiger partial charge on any atom is -0.330 e. The molecule has 0 aliphatic heterocycles. The normalized spacial score (nSPS) is 23.7. The van der Waals surface area contributed by atoms with Crippen LogP contribution in [0.1, 0.15) is 24.0 Å². The van der Waals surface area contributed by atoms with Gasteiger partial charge in [-0.15, -0.1) is 0 Å². The van der Waals surface area contributed by atoms with Gasteiger partial charge in [-0.1, -0.05) is 42.8 Å². The Morgan fingerprint density at radius 1 is 1.04 bits per heavy atom. The van der Waals surface area contributed by atoms with Crippen molar-refractivity contribution in [3.8, 4) is 0 Å². The highest BCUT2D eigenvalue weighted by Crippen LogP contribution is 2.53. The summed E-state index contributed by atoms with van der Waals surface area (Å²) >= 11 is 5.85. The number of hydrogen-bond acceptors (Lipinski definition) is 3. The molecular weight excluding hydrogens is 330 g/mol. The zero-order valence-electron chi connectivity index (χ0n) is 12.9. The van der Waals surface area contributed by atoms with Gasteiger partial charge in [-0.05, 0) is 54.3 Å². The first-order valence-electron chi connectivity index (χ1n) is 7.77. The van der Waals surface area contributed by atoms with Gasteiger partial charge in [-0.25, -0.2) is 8.42 Å². The summed E-state index contributed by atoms with van der Waals surface area (Å²) in [6, 6.07) is 14.5. The largest absolute Gasteiger partial charge is 0.330 e. The number of halogens is 1. The molecule has 1 fully saturated rings. The molecule has 2 aromatic carbocycles. The molecule has 122 valence electrons. The lowest BCUT2D eigenvalue weighted by atomic mass is 10.1. The Hall–Kier alpha value is -1.36. The third-order valence-electron chi connectivity index (χ3n) is 4.64. The van der Waals surface area contributed by atoms with Gasteiger partial charge in [-0.3, -0.25) is 0 Å². The second-order valence-corrected chi connectivity index (χ2v) is 8.53. The molecule has 0 heterocycles. The molecule has 0 amide bonds. The Kier molecular flexibility index (Phi) is 4.50. The van der Waals surface area contributed by atoms with E-state index in [4.69, 9.17) is 17.3 Å². The van der Waals surface area contributed by atoms with Crippen molar-refractivity contribution in [3.05, 3.63) is 64.7 Å². The second kappa shape index (κ2) is 6.27. The molecule has 1 aliphatic rings. The summed E-state index contributed by atoms with van der Waals surface area (Å²) in [7, 11) is -3.40. The van der Waals surface area contributed by atoms with Crippen LogP contribution in [0.4, 0.5) is 0 Å². The molecule has 3 nitrogen and oxygen atoms in total. The van der Waals surface area contributed by atoms with Crippen LogP contribution in [0.15, 0.2) is 53.4 Å². The molecular formula is C18H20ClNO2S. The fourth-order valence-corrected chi connectivity index (χ4v) is 5.59. The van der Waals surface area contributed by atoms with Crippen LogP contribution in [0.25, 0.3) is 0 Å². The average Bonchev–Trinajstić information content (AvgIpc) is 3.31. The summed E-state index contributed by atoms with van der Waals surface area (Å²) in [4.78, 5) is 0.318. The highest BCUT2D eigenvalue weighted by molar-refractivity contribution is 7.92. The summed E-state index contributed by atoms with van der Waals surface area (Å²) in [6.07, 6.45) is 0.970. The number of aryl methyl sites for hydroxylation is 1. The fraction of sp³-hybridized carbons (Fsp3) is 0.333. The van der Waals surface area contributed by atoms with Crippen LogP contribution in [-0.2, 0) is 16.3 Å². The average molecular weight is 350 g/mol. The first-order chi connectivity index (χ1) is 11.0. The third-order valence-corrected chi connectivity index (χ3v) is 7.18. The minimum absolute atomic E-state index is 0.0217. The monoisotopic (exact) mass is 349 g/mol. The Balaban J connectivity index is 1.90. The zero-order chi connectivity index (χ0) is 16.6. The smallest absolute Gasteiger partial charge is 0.182 e. The molecule has 2 aromatic rings. The van der Waals surface area contributed by atoms with Crippen LogP contribution < -0.4 is 5.73 Å². The maximum Gasteiger partial charge on any atom is 0.182 e. The van der Waals surface area contributed by atoms with Gasteiger partial charge in [0, 0.05) is 10.9 Å². The van der Waals surface area contributed by atoms with Crippen molar-refractivity contribution in [1.29, 1.82) is 0 Å². The quantitative estimate of drug-likeness (QED) is 0.899. The van der Waals surface area contributed by atoms with E-state index in [1.165, 1.54) is 5.56 Å². The lowest BCUT2D eigenvalue weighted by Crippen LogP contribution is -2.13. The van der Waals surface area contributed by atoms with E-state index < -0.39 is 15.1 Å². The predicted molar refractivity (Wildman–Crippen MR) is 93.5 cm³/mol. The van der Waals surface area contributed by atoms with Crippen molar-refractivity contribution in [1.82, 2.24) is 0 Å². The maximum absolute atomic E-state index is 12.9. The lowest BCUT2D eigenvalue weighted by Gasteiger charge is -2.05. The lowest BCUT2D eigenvalue weighted by molar-refractivity contribution is 0.591. The topological polar surface area (TPSA) is 60.2 Å². The Morgan fingerprint density at radius 2 is 1.65 bits per heavy atom. The van der Waals surface area contributed by atoms with E-state index in [9.17, 15) is 8.42 Å². The van der Waals surface area contributed by atoms with Crippen LogP contribution in [0, 0.1) is 5.92 Å². The van der Waals surface area contributed by atoms with Gasteiger partial charge in [0.1, 0.15) is 0 Å². The van der Waals surface area contributed by atoms with Crippen molar-refractivity contribution in [2.24, 2.45) is 11.7 Å². The van der Waals surface area contributed by atoms with E-state index in [-0.39, 0.29) is 11.8 Å². The number of nitrogens with two attached hydrogens (primary N) is 1. The van der Waals surface area contributed by atoms with Crippen molar-refractivity contribution < 1.29 is 8.42 Å². The van der Waals surface area contributed by atoms with Gasteiger partial charge in [-0.2, -0.15) is 0 Å². The Labute approximate surface area is 142 Å². The zero-order valence-corrected chi connectivity index (χ0v) is 14.5. The molecule has 0 aromatic heterocycles. The maximum atomic E-state index is 12.9. The van der Waals surface area contributed by atoms with Crippen molar-refractivity contribution in [2.75, 3.05) is 6.54 Å². The molecule has 0 bridgehead atoms. The van der Waals surface area contributed by atoms with E-state index in [1.54, 1.807) is 24.3 Å². The van der Waals surface area contributed by atoms with Crippen LogP contribution in [0.3, 0.4) is 0 Å². The first-order valence-corrected chi connectivity index (χ1v) is 9.69. The molecule has 23 heavy (non-hydrogen) atoms. The standard InChI is InChI=1S/C18H20ClNO2S/c1-2-12-3-5-13(6-4-12)17-16(11-20)18(17)23(21,22)15-9-7-14(19)8-10-15/h3-10,16-18H,2,11,20H2,1H3/t16-,17-,18-/m1/s1. The van der Waals surface area contributed by atoms with Gasteiger partial charge in [0.15, 0.2) is 9.84 Å². The summed E-state index contributed by atoms with van der Waals surface area (Å²) in [5, 5.41) is 0.0861. The first kappa shape index (κ1) is 16.5. The van der Waals surface area contributed by atoms with Gasteiger partial charge in [0.05, 0.1) is 10.1 Å². The van der Waals surface area contributed by atoms with E-state index in [0.717, 1.165) is 12.0 Å². The van der Waals surface area contributed by atoms with Gasteiger partial charge >= 0.3 is 0 Å². The van der Waals surface area contributed by atoms with E-state index in [0.29, 0.717) is 16.5 Å². The molecule has 1 aliphatic carbocycles. The molecule has 5 heteroatoms. The van der Waals surface area contributed by atoms with Gasteiger partial charge in [0.2, 0.25) is 0 Å². The van der Waals surface area contributed by atoms with Crippen LogP contribution >= 0.6 is 11.6 Å². The molecule has 2 N–H and O–H groups in total. The van der Waals surface area contributed by atoms with Crippen molar-refractivity contribution in [3.63, 3.8) is 0 Å². The highest BCUT2D eigenvalue weighted by Gasteiger charge is 2.57. The number of rotatable bonds is 5. The second-order valence-electron chi connectivity index (χ2n) is 5.98. The number of benzene rings is 2. The molecule has 1 saturated carbocycles. The van der Waals surface area contributed by atoms with Gasteiger partial charge < -0.3 is 5.73 Å². The molecule has 0 radical (unpaired) electrons. The van der Waals surface area contributed by atoms with Crippen LogP contribution in [0.5, 0.6) is 0 Å². The molecule has 3 rings (SSSR count). The molecule has 3 atom stereocenters. The fourth-order valence-electron chi connectivity index (χ4n) is 3.24. The molecule has 0 saturated heterocycles. The summed E-state index contributed by atoms with van der Waals surface area (Å²) < 4.78 is 25.8. The van der Waals surface area contributed by atoms with Crippen molar-refractivity contribution >= 4 is 21.4 Å². The van der Waals surface area contributed by atoms with Crippen molar-refractivity contribution in [2.45, 2.75) is 29.4 Å². The van der Waals surface area contributed by atoms with Crippen LogP contribution in [0.2, 0.25) is 5.02 Å².